The maximum absolute atomic E-state index is 12.3. The number of carbonyl (C=O) groups is 1. The first kappa shape index (κ1) is 15.1. The first-order chi connectivity index (χ1) is 8.98. The minimum Gasteiger partial charge on any atom is -0.392 e. The number of nitrogens with zero attached hydrogens (tertiary/aromatic N) is 1. The SMILES string of the molecule is CSC1(C(N)=S)CCN(C(=O)C2CCC(C)O2)CC1. The third-order valence-corrected chi connectivity index (χ3v) is 6.16. The molecule has 4 nitrogen and oxygen atoms in total. The number of thioether (sulfide) groups is 1. The second-order valence-corrected chi connectivity index (χ2v) is 7.03. The van der Waals surface area contributed by atoms with Crippen LogP contribution in [-0.4, -0.2) is 52.1 Å². The lowest BCUT2D eigenvalue weighted by Gasteiger charge is -2.40. The molecule has 0 bridgehead atoms. The second-order valence-electron chi connectivity index (χ2n) is 5.40. The van der Waals surface area contributed by atoms with E-state index in [1.165, 1.54) is 0 Å². The van der Waals surface area contributed by atoms with E-state index < -0.39 is 0 Å². The highest BCUT2D eigenvalue weighted by molar-refractivity contribution is 8.02. The third kappa shape index (κ3) is 3.06. The Balaban J connectivity index is 1.92. The number of hydrogen-bond acceptors (Lipinski definition) is 4. The van der Waals surface area contributed by atoms with Crippen LogP contribution in [0, 0.1) is 0 Å². The minimum absolute atomic E-state index is 0.129. The molecule has 2 atom stereocenters. The third-order valence-electron chi connectivity index (χ3n) is 4.23. The molecule has 0 radical (unpaired) electrons. The number of carbonyl (C=O) groups excluding carboxylic acids is 1. The van der Waals surface area contributed by atoms with Crippen LogP contribution in [0.1, 0.15) is 32.6 Å². The Morgan fingerprint density at radius 2 is 2.05 bits per heavy atom. The number of hydrogen-bond donors (Lipinski definition) is 1. The predicted octanol–water partition coefficient (Wildman–Crippen LogP) is 1.56. The van der Waals surface area contributed by atoms with Gasteiger partial charge in [-0.1, -0.05) is 12.2 Å². The van der Waals surface area contributed by atoms with Gasteiger partial charge < -0.3 is 15.4 Å². The van der Waals surface area contributed by atoms with Gasteiger partial charge in [0.1, 0.15) is 6.10 Å². The highest BCUT2D eigenvalue weighted by Crippen LogP contribution is 2.35. The Kier molecular flexibility index (Phi) is 4.74. The number of piperidine rings is 1. The molecule has 0 aliphatic carbocycles. The number of rotatable bonds is 3. The number of amides is 1. The van der Waals surface area contributed by atoms with Gasteiger partial charge in [0.25, 0.3) is 5.91 Å². The quantitative estimate of drug-likeness (QED) is 0.802. The van der Waals surface area contributed by atoms with Crippen LogP contribution in [0.5, 0.6) is 0 Å². The molecule has 2 saturated heterocycles. The predicted molar refractivity (Wildman–Crippen MR) is 82.4 cm³/mol. The van der Waals surface area contributed by atoms with E-state index in [0.717, 1.165) is 38.8 Å². The van der Waals surface area contributed by atoms with Crippen LogP contribution in [0.15, 0.2) is 0 Å². The van der Waals surface area contributed by atoms with Crippen molar-refractivity contribution in [1.82, 2.24) is 4.90 Å². The molecular weight excluding hydrogens is 280 g/mol. The first-order valence-electron chi connectivity index (χ1n) is 6.78. The van der Waals surface area contributed by atoms with E-state index in [9.17, 15) is 4.79 Å². The molecule has 0 spiro atoms. The summed E-state index contributed by atoms with van der Waals surface area (Å²) >= 11 is 6.89. The Hall–Kier alpha value is -0.330. The second kappa shape index (κ2) is 5.97. The number of ether oxygens (including phenoxy) is 1. The topological polar surface area (TPSA) is 55.6 Å². The molecule has 0 aromatic rings. The lowest BCUT2D eigenvalue weighted by atomic mass is 9.95. The van der Waals surface area contributed by atoms with Crippen molar-refractivity contribution in [3.05, 3.63) is 0 Å². The highest BCUT2D eigenvalue weighted by atomic mass is 32.2. The van der Waals surface area contributed by atoms with Gasteiger partial charge in [-0.05, 0) is 38.9 Å². The van der Waals surface area contributed by atoms with E-state index in [-0.39, 0.29) is 22.9 Å². The average molecular weight is 302 g/mol. The van der Waals surface area contributed by atoms with Gasteiger partial charge in [-0.3, -0.25) is 4.79 Å². The van der Waals surface area contributed by atoms with Crippen molar-refractivity contribution < 1.29 is 9.53 Å². The zero-order chi connectivity index (χ0) is 14.0. The Bertz CT molecular complexity index is 368. The summed E-state index contributed by atoms with van der Waals surface area (Å²) in [6, 6.07) is 0. The van der Waals surface area contributed by atoms with E-state index >= 15 is 0 Å². The van der Waals surface area contributed by atoms with E-state index in [1.807, 2.05) is 18.1 Å². The molecule has 2 fully saturated rings. The van der Waals surface area contributed by atoms with E-state index in [2.05, 4.69) is 0 Å². The largest absolute Gasteiger partial charge is 0.392 e. The molecule has 108 valence electrons. The molecule has 0 saturated carbocycles. The van der Waals surface area contributed by atoms with Gasteiger partial charge in [-0.15, -0.1) is 0 Å². The molecule has 2 N–H and O–H groups in total. The fourth-order valence-electron chi connectivity index (χ4n) is 2.83. The maximum atomic E-state index is 12.3. The van der Waals surface area contributed by atoms with Crippen molar-refractivity contribution in [3.63, 3.8) is 0 Å². The monoisotopic (exact) mass is 302 g/mol. The van der Waals surface area contributed by atoms with Gasteiger partial charge in [0.05, 0.1) is 15.8 Å². The molecule has 0 aromatic carbocycles. The summed E-state index contributed by atoms with van der Waals surface area (Å²) in [4.78, 5) is 14.8. The summed E-state index contributed by atoms with van der Waals surface area (Å²) in [7, 11) is 0. The van der Waals surface area contributed by atoms with Crippen LogP contribution in [0.2, 0.25) is 0 Å². The Morgan fingerprint density at radius 1 is 1.42 bits per heavy atom. The van der Waals surface area contributed by atoms with Crippen molar-refractivity contribution in [3.8, 4) is 0 Å². The summed E-state index contributed by atoms with van der Waals surface area (Å²) in [5, 5.41) is 0. The van der Waals surface area contributed by atoms with Gasteiger partial charge in [0.15, 0.2) is 0 Å². The molecule has 2 unspecified atom stereocenters. The van der Waals surface area contributed by atoms with Crippen molar-refractivity contribution >= 4 is 34.9 Å². The van der Waals surface area contributed by atoms with E-state index in [4.69, 9.17) is 22.7 Å². The van der Waals surface area contributed by atoms with Gasteiger partial charge in [0, 0.05) is 13.1 Å². The number of nitrogens with two attached hydrogens (primary N) is 1. The lowest BCUT2D eigenvalue weighted by Crippen LogP contribution is -2.52. The molecule has 1 amide bonds. The van der Waals surface area contributed by atoms with Crippen molar-refractivity contribution in [2.24, 2.45) is 5.73 Å². The molecule has 6 heteroatoms. The summed E-state index contributed by atoms with van der Waals surface area (Å²) in [5.41, 5.74) is 5.86. The Labute approximate surface area is 124 Å². The van der Waals surface area contributed by atoms with Gasteiger partial charge >= 0.3 is 0 Å². The zero-order valence-electron chi connectivity index (χ0n) is 11.6. The first-order valence-corrected chi connectivity index (χ1v) is 8.41. The van der Waals surface area contributed by atoms with Gasteiger partial charge in [-0.2, -0.15) is 11.8 Å². The van der Waals surface area contributed by atoms with Crippen LogP contribution in [0.4, 0.5) is 0 Å². The molecule has 2 aliphatic heterocycles. The van der Waals surface area contributed by atoms with Crippen molar-refractivity contribution in [2.45, 2.75) is 49.6 Å². The summed E-state index contributed by atoms with van der Waals surface area (Å²) < 4.78 is 5.53. The van der Waals surface area contributed by atoms with Crippen LogP contribution >= 0.6 is 24.0 Å². The van der Waals surface area contributed by atoms with Gasteiger partial charge in [0.2, 0.25) is 0 Å². The molecule has 2 rings (SSSR count). The van der Waals surface area contributed by atoms with Crippen LogP contribution in [0.3, 0.4) is 0 Å². The average Bonchev–Trinajstić information content (AvgIpc) is 2.84. The van der Waals surface area contributed by atoms with E-state index in [1.54, 1.807) is 11.8 Å². The summed E-state index contributed by atoms with van der Waals surface area (Å²) in [6.07, 6.45) is 5.53. The molecular formula is C13H22N2O2S2. The normalized spacial score (nSPS) is 30.3. The smallest absolute Gasteiger partial charge is 0.251 e. The van der Waals surface area contributed by atoms with Gasteiger partial charge in [-0.25, -0.2) is 0 Å². The summed E-state index contributed by atoms with van der Waals surface area (Å²) in [6.45, 7) is 3.48. The van der Waals surface area contributed by atoms with Crippen molar-refractivity contribution in [1.29, 1.82) is 0 Å². The number of thiocarbonyl (C=S) groups is 1. The molecule has 0 aromatic heterocycles. The lowest BCUT2D eigenvalue weighted by molar-refractivity contribution is -0.143. The Morgan fingerprint density at radius 3 is 2.47 bits per heavy atom. The van der Waals surface area contributed by atoms with E-state index in [0.29, 0.717) is 4.99 Å². The fraction of sp³-hybridized carbons (Fsp3) is 0.846. The standard InChI is InChI=1S/C13H22N2O2S2/c1-9-3-4-10(17-9)11(16)15-7-5-13(19-2,6-8-15)12(14)18/h9-10H,3-8H2,1-2H3,(H2,14,18). The highest BCUT2D eigenvalue weighted by Gasteiger charge is 2.40. The molecule has 2 aliphatic rings. The maximum Gasteiger partial charge on any atom is 0.251 e. The van der Waals surface area contributed by atoms with Crippen LogP contribution in [0.25, 0.3) is 0 Å². The molecule has 2 heterocycles. The summed E-state index contributed by atoms with van der Waals surface area (Å²) in [5.74, 6) is 0.141. The molecule has 19 heavy (non-hydrogen) atoms. The zero-order valence-corrected chi connectivity index (χ0v) is 13.2. The van der Waals surface area contributed by atoms with Crippen molar-refractivity contribution in [2.75, 3.05) is 19.3 Å². The fourth-order valence-corrected chi connectivity index (χ4v) is 4.07. The minimum atomic E-state index is -0.235. The number of likely N-dealkylation sites (tertiary alicyclic amines) is 1. The van der Waals surface area contributed by atoms with Crippen LogP contribution < -0.4 is 5.73 Å². The van der Waals surface area contributed by atoms with Crippen LogP contribution in [-0.2, 0) is 9.53 Å².